The SMILES string of the molecule is CNC(CCOCCOC)c1cc(C)c(C)cc1C. The second-order valence-corrected chi connectivity index (χ2v) is 5.03. The van der Waals surface area contributed by atoms with Gasteiger partial charge in [0.25, 0.3) is 0 Å². The minimum atomic E-state index is 0.349. The molecule has 0 aromatic heterocycles. The van der Waals surface area contributed by atoms with Crippen LogP contribution in [0.2, 0.25) is 0 Å². The quantitative estimate of drug-likeness (QED) is 0.733. The van der Waals surface area contributed by atoms with E-state index in [4.69, 9.17) is 9.47 Å². The van der Waals surface area contributed by atoms with Gasteiger partial charge in [0.1, 0.15) is 0 Å². The lowest BCUT2D eigenvalue weighted by Crippen LogP contribution is -2.20. The standard InChI is InChI=1S/C16H27NO2/c1-12-10-14(3)15(11-13(12)2)16(17-4)6-7-19-9-8-18-5/h10-11,16-17H,6-9H2,1-5H3. The Morgan fingerprint density at radius 2 is 1.68 bits per heavy atom. The van der Waals surface area contributed by atoms with E-state index in [9.17, 15) is 0 Å². The number of hydrogen-bond donors (Lipinski definition) is 1. The summed E-state index contributed by atoms with van der Waals surface area (Å²) in [4.78, 5) is 0. The Labute approximate surface area is 117 Å². The minimum absolute atomic E-state index is 0.349. The molecule has 0 bridgehead atoms. The first-order valence-electron chi connectivity index (χ1n) is 6.91. The molecular formula is C16H27NO2. The molecule has 0 aliphatic rings. The van der Waals surface area contributed by atoms with E-state index in [1.165, 1.54) is 22.3 Å². The van der Waals surface area contributed by atoms with Crippen molar-refractivity contribution in [2.45, 2.75) is 33.2 Å². The molecule has 0 saturated carbocycles. The second-order valence-electron chi connectivity index (χ2n) is 5.03. The molecule has 1 N–H and O–H groups in total. The largest absolute Gasteiger partial charge is 0.382 e. The van der Waals surface area contributed by atoms with E-state index in [0.29, 0.717) is 19.3 Å². The van der Waals surface area contributed by atoms with E-state index < -0.39 is 0 Å². The van der Waals surface area contributed by atoms with Crippen molar-refractivity contribution >= 4 is 0 Å². The van der Waals surface area contributed by atoms with Gasteiger partial charge in [0, 0.05) is 19.8 Å². The van der Waals surface area contributed by atoms with Crippen molar-refractivity contribution in [2.75, 3.05) is 34.0 Å². The van der Waals surface area contributed by atoms with E-state index in [1.54, 1.807) is 7.11 Å². The molecule has 1 unspecified atom stereocenters. The number of aryl methyl sites for hydroxylation is 3. The van der Waals surface area contributed by atoms with Crippen LogP contribution in [0.4, 0.5) is 0 Å². The average Bonchev–Trinajstić information content (AvgIpc) is 2.39. The molecule has 0 aliphatic heterocycles. The molecule has 0 saturated heterocycles. The molecule has 1 atom stereocenters. The molecular weight excluding hydrogens is 238 g/mol. The molecule has 3 heteroatoms. The zero-order valence-electron chi connectivity index (χ0n) is 12.9. The fourth-order valence-electron chi connectivity index (χ4n) is 2.26. The van der Waals surface area contributed by atoms with Crippen molar-refractivity contribution in [1.29, 1.82) is 0 Å². The fraction of sp³-hybridized carbons (Fsp3) is 0.625. The molecule has 1 aromatic rings. The Balaban J connectivity index is 2.61. The summed E-state index contributed by atoms with van der Waals surface area (Å²) in [7, 11) is 3.70. The number of benzene rings is 1. The molecule has 1 rings (SSSR count). The normalized spacial score (nSPS) is 12.7. The van der Waals surface area contributed by atoms with E-state index in [1.807, 2.05) is 7.05 Å². The summed E-state index contributed by atoms with van der Waals surface area (Å²) in [5.74, 6) is 0. The van der Waals surface area contributed by atoms with Crippen LogP contribution >= 0.6 is 0 Å². The van der Waals surface area contributed by atoms with E-state index in [2.05, 4.69) is 38.2 Å². The topological polar surface area (TPSA) is 30.5 Å². The molecule has 108 valence electrons. The molecule has 0 heterocycles. The third kappa shape index (κ3) is 4.94. The van der Waals surface area contributed by atoms with Gasteiger partial charge in [-0.15, -0.1) is 0 Å². The van der Waals surface area contributed by atoms with Crippen molar-refractivity contribution in [3.8, 4) is 0 Å². The number of ether oxygens (including phenoxy) is 2. The first kappa shape index (κ1) is 16.2. The Kier molecular flexibility index (Phi) is 7.06. The van der Waals surface area contributed by atoms with Crippen LogP contribution in [0.25, 0.3) is 0 Å². The predicted octanol–water partition coefficient (Wildman–Crippen LogP) is 2.93. The predicted molar refractivity (Wildman–Crippen MR) is 79.8 cm³/mol. The summed E-state index contributed by atoms with van der Waals surface area (Å²) in [6.07, 6.45) is 0.976. The van der Waals surface area contributed by atoms with Gasteiger partial charge in [-0.2, -0.15) is 0 Å². The highest BCUT2D eigenvalue weighted by Crippen LogP contribution is 2.23. The summed E-state index contributed by atoms with van der Waals surface area (Å²) in [5, 5.41) is 3.39. The maximum Gasteiger partial charge on any atom is 0.0700 e. The molecule has 0 amide bonds. The summed E-state index contributed by atoms with van der Waals surface area (Å²) in [6.45, 7) is 8.58. The highest BCUT2D eigenvalue weighted by Gasteiger charge is 2.12. The first-order valence-corrected chi connectivity index (χ1v) is 6.91. The molecule has 0 spiro atoms. The number of nitrogens with one attached hydrogen (secondary N) is 1. The maximum atomic E-state index is 5.56. The molecule has 3 nitrogen and oxygen atoms in total. The average molecular weight is 265 g/mol. The van der Waals surface area contributed by atoms with Crippen molar-refractivity contribution in [3.05, 3.63) is 34.4 Å². The zero-order valence-corrected chi connectivity index (χ0v) is 12.9. The van der Waals surface area contributed by atoms with Crippen LogP contribution in [0.3, 0.4) is 0 Å². The first-order chi connectivity index (χ1) is 9.10. The van der Waals surface area contributed by atoms with Crippen molar-refractivity contribution in [1.82, 2.24) is 5.32 Å². The van der Waals surface area contributed by atoms with Gasteiger partial charge in [0.05, 0.1) is 13.2 Å². The zero-order chi connectivity index (χ0) is 14.3. The van der Waals surface area contributed by atoms with Crippen LogP contribution in [0.15, 0.2) is 12.1 Å². The monoisotopic (exact) mass is 265 g/mol. The number of hydrogen-bond acceptors (Lipinski definition) is 3. The second kappa shape index (κ2) is 8.31. The van der Waals surface area contributed by atoms with Crippen LogP contribution in [-0.2, 0) is 9.47 Å². The lowest BCUT2D eigenvalue weighted by atomic mass is 9.94. The minimum Gasteiger partial charge on any atom is -0.382 e. The fourth-order valence-corrected chi connectivity index (χ4v) is 2.26. The van der Waals surface area contributed by atoms with Gasteiger partial charge >= 0.3 is 0 Å². The van der Waals surface area contributed by atoms with Crippen LogP contribution in [0, 0.1) is 20.8 Å². The van der Waals surface area contributed by atoms with Gasteiger partial charge in [-0.3, -0.25) is 0 Å². The van der Waals surface area contributed by atoms with Gasteiger partial charge in [0.2, 0.25) is 0 Å². The third-order valence-electron chi connectivity index (χ3n) is 3.59. The van der Waals surface area contributed by atoms with Gasteiger partial charge < -0.3 is 14.8 Å². The highest BCUT2D eigenvalue weighted by atomic mass is 16.5. The van der Waals surface area contributed by atoms with Gasteiger partial charge in [-0.25, -0.2) is 0 Å². The Hall–Kier alpha value is -0.900. The summed E-state index contributed by atoms with van der Waals surface area (Å²) in [5.41, 5.74) is 5.42. The van der Waals surface area contributed by atoms with E-state index in [0.717, 1.165) is 13.0 Å². The smallest absolute Gasteiger partial charge is 0.0700 e. The Bertz CT molecular complexity index is 391. The lowest BCUT2D eigenvalue weighted by molar-refractivity contribution is 0.0660. The van der Waals surface area contributed by atoms with Crippen LogP contribution in [-0.4, -0.2) is 34.0 Å². The molecule has 0 radical (unpaired) electrons. The summed E-state index contributed by atoms with van der Waals surface area (Å²) < 4.78 is 10.5. The van der Waals surface area contributed by atoms with Crippen LogP contribution < -0.4 is 5.32 Å². The Morgan fingerprint density at radius 3 is 2.32 bits per heavy atom. The van der Waals surface area contributed by atoms with E-state index >= 15 is 0 Å². The van der Waals surface area contributed by atoms with Crippen molar-refractivity contribution in [2.24, 2.45) is 0 Å². The van der Waals surface area contributed by atoms with Gasteiger partial charge in [0.15, 0.2) is 0 Å². The van der Waals surface area contributed by atoms with Gasteiger partial charge in [-0.1, -0.05) is 12.1 Å². The lowest BCUT2D eigenvalue weighted by Gasteiger charge is -2.20. The summed E-state index contributed by atoms with van der Waals surface area (Å²) in [6, 6.07) is 4.91. The summed E-state index contributed by atoms with van der Waals surface area (Å²) >= 11 is 0. The van der Waals surface area contributed by atoms with E-state index in [-0.39, 0.29) is 0 Å². The molecule has 19 heavy (non-hydrogen) atoms. The molecule has 0 aliphatic carbocycles. The number of methoxy groups -OCH3 is 1. The van der Waals surface area contributed by atoms with Gasteiger partial charge in [-0.05, 0) is 56.5 Å². The third-order valence-corrected chi connectivity index (χ3v) is 3.59. The van der Waals surface area contributed by atoms with Crippen molar-refractivity contribution in [3.63, 3.8) is 0 Å². The maximum absolute atomic E-state index is 5.56. The molecule has 1 aromatic carbocycles. The van der Waals surface area contributed by atoms with Crippen LogP contribution in [0.1, 0.15) is 34.7 Å². The van der Waals surface area contributed by atoms with Crippen LogP contribution in [0.5, 0.6) is 0 Å². The Morgan fingerprint density at radius 1 is 1.00 bits per heavy atom. The molecule has 0 fully saturated rings. The van der Waals surface area contributed by atoms with Crippen molar-refractivity contribution < 1.29 is 9.47 Å². The highest BCUT2D eigenvalue weighted by molar-refractivity contribution is 5.38. The number of rotatable bonds is 8.